The zero-order chi connectivity index (χ0) is 14.7. The molecule has 1 saturated heterocycles. The molecule has 1 fully saturated rings. The van der Waals surface area contributed by atoms with Gasteiger partial charge in [0, 0.05) is 30.6 Å². The van der Waals surface area contributed by atoms with Crippen LogP contribution >= 0.6 is 11.3 Å². The Hall–Kier alpha value is -0.650. The van der Waals surface area contributed by atoms with Crippen molar-refractivity contribution in [3.63, 3.8) is 0 Å². The summed E-state index contributed by atoms with van der Waals surface area (Å²) in [6, 6.07) is 0.508. The number of ether oxygens (including phenoxy) is 1. The van der Waals surface area contributed by atoms with Crippen LogP contribution in [0, 0.1) is 0 Å². The molecule has 5 heteroatoms. The van der Waals surface area contributed by atoms with E-state index in [-0.39, 0.29) is 12.2 Å². The largest absolute Gasteiger partial charge is 0.372 e. The number of anilines is 1. The van der Waals surface area contributed by atoms with Crippen molar-refractivity contribution < 1.29 is 4.74 Å². The van der Waals surface area contributed by atoms with Gasteiger partial charge in [0.15, 0.2) is 5.13 Å². The monoisotopic (exact) mass is 297 g/mol. The maximum atomic E-state index is 5.80. The fourth-order valence-corrected chi connectivity index (χ4v) is 3.67. The lowest BCUT2D eigenvalue weighted by molar-refractivity contribution is -0.00523. The van der Waals surface area contributed by atoms with Gasteiger partial charge >= 0.3 is 0 Å². The van der Waals surface area contributed by atoms with Gasteiger partial charge in [0.1, 0.15) is 0 Å². The number of hydrogen-bond acceptors (Lipinski definition) is 5. The van der Waals surface area contributed by atoms with Crippen molar-refractivity contribution in [2.45, 2.75) is 65.8 Å². The highest BCUT2D eigenvalue weighted by Crippen LogP contribution is 2.29. The minimum absolute atomic E-state index is 0.282. The number of aryl methyl sites for hydroxylation is 1. The van der Waals surface area contributed by atoms with Crippen LogP contribution in [0.1, 0.15) is 45.2 Å². The topological polar surface area (TPSA) is 37.4 Å². The number of nitrogens with one attached hydrogen (secondary N) is 1. The molecule has 1 aromatic rings. The summed E-state index contributed by atoms with van der Waals surface area (Å²) in [7, 11) is 0. The highest BCUT2D eigenvalue weighted by molar-refractivity contribution is 7.15. The highest BCUT2D eigenvalue weighted by Gasteiger charge is 2.25. The molecule has 1 N–H and O–H groups in total. The highest BCUT2D eigenvalue weighted by atomic mass is 32.1. The molecule has 20 heavy (non-hydrogen) atoms. The van der Waals surface area contributed by atoms with Crippen LogP contribution in [0.3, 0.4) is 0 Å². The Morgan fingerprint density at radius 2 is 2.00 bits per heavy atom. The second-order valence-electron chi connectivity index (χ2n) is 5.92. The van der Waals surface area contributed by atoms with Gasteiger partial charge in [-0.15, -0.1) is 11.3 Å². The first-order valence-electron chi connectivity index (χ1n) is 7.62. The number of aromatic nitrogens is 1. The summed E-state index contributed by atoms with van der Waals surface area (Å²) in [5.74, 6) is 0. The van der Waals surface area contributed by atoms with E-state index >= 15 is 0 Å². The Kier molecular flexibility index (Phi) is 5.41. The van der Waals surface area contributed by atoms with Crippen molar-refractivity contribution in [2.24, 2.45) is 0 Å². The van der Waals surface area contributed by atoms with Crippen molar-refractivity contribution in [1.29, 1.82) is 0 Å². The maximum absolute atomic E-state index is 5.80. The van der Waals surface area contributed by atoms with E-state index in [4.69, 9.17) is 9.72 Å². The van der Waals surface area contributed by atoms with Crippen LogP contribution in [0.5, 0.6) is 0 Å². The molecule has 0 bridgehead atoms. The fourth-order valence-electron chi connectivity index (χ4n) is 2.55. The number of thiazole rings is 1. The van der Waals surface area contributed by atoms with Crippen LogP contribution in [-0.2, 0) is 17.7 Å². The third-order valence-electron chi connectivity index (χ3n) is 3.46. The predicted octanol–water partition coefficient (Wildman–Crippen LogP) is 2.82. The Balaban J connectivity index is 2.11. The maximum Gasteiger partial charge on any atom is 0.186 e. The van der Waals surface area contributed by atoms with Gasteiger partial charge in [0.25, 0.3) is 0 Å². The average Bonchev–Trinajstić information content (AvgIpc) is 2.78. The van der Waals surface area contributed by atoms with Gasteiger partial charge in [-0.25, -0.2) is 4.98 Å². The summed E-state index contributed by atoms with van der Waals surface area (Å²) in [5.41, 5.74) is 1.24. The molecule has 0 spiro atoms. The van der Waals surface area contributed by atoms with E-state index in [9.17, 15) is 0 Å². The number of rotatable bonds is 5. The lowest BCUT2D eigenvalue weighted by Gasteiger charge is -2.35. The molecular formula is C15H27N3OS. The molecule has 0 amide bonds. The molecule has 1 aromatic heterocycles. The third kappa shape index (κ3) is 3.93. The molecular weight excluding hydrogens is 270 g/mol. The second-order valence-corrected chi connectivity index (χ2v) is 6.98. The molecule has 0 radical (unpaired) electrons. The first-order valence-corrected chi connectivity index (χ1v) is 8.43. The standard InChI is InChI=1S/C15H27N3OS/c1-6-13-14(7-16-10(2)3)20-15(17-13)18-8-11(4)19-12(5)9-18/h10-12,16H,6-9H2,1-5H3/t11-,12+. The van der Waals surface area contributed by atoms with Crippen LogP contribution in [0.2, 0.25) is 0 Å². The van der Waals surface area contributed by atoms with E-state index in [1.54, 1.807) is 0 Å². The van der Waals surface area contributed by atoms with Crippen LogP contribution in [0.4, 0.5) is 5.13 Å². The van der Waals surface area contributed by atoms with Gasteiger partial charge in [-0.05, 0) is 20.3 Å². The molecule has 114 valence electrons. The van der Waals surface area contributed by atoms with Gasteiger partial charge < -0.3 is 15.0 Å². The average molecular weight is 297 g/mol. The quantitative estimate of drug-likeness (QED) is 0.907. The normalized spacial score (nSPS) is 23.6. The second kappa shape index (κ2) is 6.87. The summed E-state index contributed by atoms with van der Waals surface area (Å²) in [6.45, 7) is 13.6. The first kappa shape index (κ1) is 15.7. The molecule has 1 aliphatic rings. The molecule has 0 saturated carbocycles. The Morgan fingerprint density at radius 3 is 2.55 bits per heavy atom. The summed E-state index contributed by atoms with van der Waals surface area (Å²) in [6.07, 6.45) is 1.57. The van der Waals surface area contributed by atoms with E-state index < -0.39 is 0 Å². The lowest BCUT2D eigenvalue weighted by Crippen LogP contribution is -2.45. The van der Waals surface area contributed by atoms with Gasteiger partial charge in [-0.2, -0.15) is 0 Å². The third-order valence-corrected chi connectivity index (χ3v) is 4.62. The van der Waals surface area contributed by atoms with Gasteiger partial charge in [0.2, 0.25) is 0 Å². The van der Waals surface area contributed by atoms with Crippen LogP contribution < -0.4 is 10.2 Å². The summed E-state index contributed by atoms with van der Waals surface area (Å²) in [4.78, 5) is 8.60. The summed E-state index contributed by atoms with van der Waals surface area (Å²) >= 11 is 1.83. The Bertz CT molecular complexity index is 423. The van der Waals surface area contributed by atoms with E-state index in [0.717, 1.165) is 31.2 Å². The summed E-state index contributed by atoms with van der Waals surface area (Å²) in [5, 5.41) is 4.65. The van der Waals surface area contributed by atoms with Crippen molar-refractivity contribution >= 4 is 16.5 Å². The molecule has 0 aliphatic carbocycles. The molecule has 1 aliphatic heterocycles. The van der Waals surface area contributed by atoms with E-state index in [0.29, 0.717) is 6.04 Å². The Morgan fingerprint density at radius 1 is 1.35 bits per heavy atom. The number of morpholine rings is 1. The molecule has 0 aromatic carbocycles. The van der Waals surface area contributed by atoms with Gasteiger partial charge in [0.05, 0.1) is 17.9 Å². The zero-order valence-electron chi connectivity index (χ0n) is 13.3. The number of nitrogens with zero attached hydrogens (tertiary/aromatic N) is 2. The van der Waals surface area contributed by atoms with E-state index in [1.807, 2.05) is 11.3 Å². The van der Waals surface area contributed by atoms with Crippen molar-refractivity contribution in [3.05, 3.63) is 10.6 Å². The van der Waals surface area contributed by atoms with Crippen LogP contribution in [0.25, 0.3) is 0 Å². The van der Waals surface area contributed by atoms with Crippen molar-refractivity contribution in [2.75, 3.05) is 18.0 Å². The van der Waals surface area contributed by atoms with Gasteiger partial charge in [-0.3, -0.25) is 0 Å². The van der Waals surface area contributed by atoms with Crippen LogP contribution in [0.15, 0.2) is 0 Å². The lowest BCUT2D eigenvalue weighted by atomic mass is 10.2. The molecule has 4 nitrogen and oxygen atoms in total. The fraction of sp³-hybridized carbons (Fsp3) is 0.800. The minimum atomic E-state index is 0.282. The zero-order valence-corrected chi connectivity index (χ0v) is 14.1. The predicted molar refractivity (Wildman–Crippen MR) is 85.7 cm³/mol. The first-order chi connectivity index (χ1) is 9.49. The van der Waals surface area contributed by atoms with Crippen molar-refractivity contribution in [3.8, 4) is 0 Å². The molecule has 2 heterocycles. The van der Waals surface area contributed by atoms with Crippen molar-refractivity contribution in [1.82, 2.24) is 10.3 Å². The van der Waals surface area contributed by atoms with E-state index in [1.165, 1.54) is 10.6 Å². The number of hydrogen-bond donors (Lipinski definition) is 1. The Labute approximate surface area is 126 Å². The molecule has 2 rings (SSSR count). The smallest absolute Gasteiger partial charge is 0.186 e. The van der Waals surface area contributed by atoms with Gasteiger partial charge in [-0.1, -0.05) is 20.8 Å². The SMILES string of the molecule is CCc1nc(N2C[C@@H](C)O[C@@H](C)C2)sc1CNC(C)C. The summed E-state index contributed by atoms with van der Waals surface area (Å²) < 4.78 is 5.80. The van der Waals surface area contributed by atoms with Crippen LogP contribution in [-0.4, -0.2) is 36.3 Å². The van der Waals surface area contributed by atoms with E-state index in [2.05, 4.69) is 44.8 Å². The molecule has 0 unspecified atom stereocenters. The molecule has 2 atom stereocenters. The minimum Gasteiger partial charge on any atom is -0.372 e.